The number of benzene rings is 2. The van der Waals surface area contributed by atoms with E-state index in [-0.39, 0.29) is 24.8 Å². The number of hydrogen-bond donors (Lipinski definition) is 1. The number of hydrogen-bond acceptors (Lipinski definition) is 3. The number of rotatable bonds is 11. The molecular formula is C24H31FN2O3. The lowest BCUT2D eigenvalue weighted by Crippen LogP contribution is -2.49. The molecule has 0 unspecified atom stereocenters. The van der Waals surface area contributed by atoms with Crippen molar-refractivity contribution in [2.45, 2.75) is 52.1 Å². The molecule has 2 rings (SSSR count). The molecule has 0 heterocycles. The molecule has 0 radical (unpaired) electrons. The lowest BCUT2D eigenvalue weighted by molar-refractivity contribution is -0.141. The third-order valence-corrected chi connectivity index (χ3v) is 5.00. The smallest absolute Gasteiger partial charge is 0.242 e. The first-order chi connectivity index (χ1) is 14.5. The Bertz CT molecular complexity index is 841. The Kier molecular flexibility index (Phi) is 9.32. The van der Waals surface area contributed by atoms with Gasteiger partial charge in [0.15, 0.2) is 0 Å². The Hall–Kier alpha value is -2.89. The zero-order valence-corrected chi connectivity index (χ0v) is 18.0. The molecule has 30 heavy (non-hydrogen) atoms. The van der Waals surface area contributed by atoms with Crippen LogP contribution in [-0.2, 0) is 22.6 Å². The van der Waals surface area contributed by atoms with E-state index >= 15 is 0 Å². The van der Waals surface area contributed by atoms with Crippen LogP contribution in [0.1, 0.15) is 44.2 Å². The predicted molar refractivity (Wildman–Crippen MR) is 116 cm³/mol. The molecule has 2 aromatic rings. The molecule has 1 N–H and O–H groups in total. The quantitative estimate of drug-likeness (QED) is 0.563. The fourth-order valence-electron chi connectivity index (χ4n) is 3.30. The Labute approximate surface area is 178 Å². The van der Waals surface area contributed by atoms with Crippen molar-refractivity contribution in [2.75, 3.05) is 13.7 Å². The number of nitrogens with zero attached hydrogens (tertiary/aromatic N) is 1. The van der Waals surface area contributed by atoms with Gasteiger partial charge in [-0.1, -0.05) is 50.6 Å². The molecule has 0 aliphatic carbocycles. The lowest BCUT2D eigenvalue weighted by Gasteiger charge is -2.31. The molecule has 0 aliphatic rings. The summed E-state index contributed by atoms with van der Waals surface area (Å²) in [7, 11) is 1.58. The van der Waals surface area contributed by atoms with Crippen LogP contribution >= 0.6 is 0 Å². The first-order valence-corrected chi connectivity index (χ1v) is 10.4. The van der Waals surface area contributed by atoms with Gasteiger partial charge >= 0.3 is 0 Å². The maximum Gasteiger partial charge on any atom is 0.242 e. The van der Waals surface area contributed by atoms with E-state index in [1.807, 2.05) is 31.2 Å². The van der Waals surface area contributed by atoms with E-state index in [4.69, 9.17) is 4.74 Å². The molecule has 2 amide bonds. The van der Waals surface area contributed by atoms with Crippen molar-refractivity contribution in [2.24, 2.45) is 0 Å². The summed E-state index contributed by atoms with van der Waals surface area (Å²) in [6, 6.07) is 13.0. The minimum absolute atomic E-state index is 0.102. The van der Waals surface area contributed by atoms with Crippen LogP contribution < -0.4 is 10.1 Å². The summed E-state index contributed by atoms with van der Waals surface area (Å²) in [5, 5.41) is 2.92. The molecule has 2 aromatic carbocycles. The van der Waals surface area contributed by atoms with Crippen molar-refractivity contribution in [3.05, 3.63) is 65.5 Å². The molecule has 0 bridgehead atoms. The average molecular weight is 415 g/mol. The molecule has 0 spiro atoms. The van der Waals surface area contributed by atoms with Crippen LogP contribution in [0, 0.1) is 5.82 Å². The van der Waals surface area contributed by atoms with Gasteiger partial charge in [0.2, 0.25) is 11.8 Å². The highest BCUT2D eigenvalue weighted by molar-refractivity contribution is 5.88. The van der Waals surface area contributed by atoms with Crippen LogP contribution in [-0.4, -0.2) is 36.4 Å². The number of carbonyl (C=O) groups excluding carboxylic acids is 2. The highest BCUT2D eigenvalue weighted by Crippen LogP contribution is 2.19. The SMILES string of the molecule is CCCCNC(=O)[C@H](CC)N(Cc1cccc(OC)c1)C(=O)Cc1ccccc1F. The number of unbranched alkanes of at least 4 members (excludes halogenated alkanes) is 1. The van der Waals surface area contributed by atoms with E-state index in [1.165, 1.54) is 6.07 Å². The average Bonchev–Trinajstić information content (AvgIpc) is 2.75. The molecule has 0 fully saturated rings. The van der Waals surface area contributed by atoms with E-state index in [0.29, 0.717) is 24.3 Å². The molecule has 0 saturated heterocycles. The van der Waals surface area contributed by atoms with Crippen molar-refractivity contribution >= 4 is 11.8 Å². The molecule has 0 aromatic heterocycles. The van der Waals surface area contributed by atoms with Crippen LogP contribution in [0.15, 0.2) is 48.5 Å². The van der Waals surface area contributed by atoms with Crippen molar-refractivity contribution in [3.63, 3.8) is 0 Å². The van der Waals surface area contributed by atoms with E-state index in [0.717, 1.165) is 18.4 Å². The van der Waals surface area contributed by atoms with Gasteiger partial charge in [-0.3, -0.25) is 9.59 Å². The summed E-state index contributed by atoms with van der Waals surface area (Å²) in [5.74, 6) is -0.224. The molecule has 0 saturated carbocycles. The van der Waals surface area contributed by atoms with E-state index in [1.54, 1.807) is 30.2 Å². The van der Waals surface area contributed by atoms with E-state index < -0.39 is 11.9 Å². The van der Waals surface area contributed by atoms with E-state index in [9.17, 15) is 14.0 Å². The number of carbonyl (C=O) groups is 2. The molecule has 0 aliphatic heterocycles. The monoisotopic (exact) mass is 414 g/mol. The van der Waals surface area contributed by atoms with Gasteiger partial charge in [0, 0.05) is 13.1 Å². The number of methoxy groups -OCH3 is 1. The lowest BCUT2D eigenvalue weighted by atomic mass is 10.1. The van der Waals surface area contributed by atoms with Crippen molar-refractivity contribution < 1.29 is 18.7 Å². The topological polar surface area (TPSA) is 58.6 Å². The highest BCUT2D eigenvalue weighted by atomic mass is 19.1. The predicted octanol–water partition coefficient (Wildman–Crippen LogP) is 4.10. The summed E-state index contributed by atoms with van der Waals surface area (Å²) in [4.78, 5) is 27.6. The van der Waals surface area contributed by atoms with E-state index in [2.05, 4.69) is 12.2 Å². The summed E-state index contributed by atoms with van der Waals surface area (Å²) in [6.07, 6.45) is 2.21. The maximum atomic E-state index is 14.1. The van der Waals surface area contributed by atoms with Gasteiger partial charge in [-0.2, -0.15) is 0 Å². The summed E-state index contributed by atoms with van der Waals surface area (Å²) < 4.78 is 19.4. The summed E-state index contributed by atoms with van der Waals surface area (Å²) in [5.41, 5.74) is 1.16. The van der Waals surface area contributed by atoms with Crippen LogP contribution in [0.4, 0.5) is 4.39 Å². The van der Waals surface area contributed by atoms with Crippen LogP contribution in [0.3, 0.4) is 0 Å². The fraction of sp³-hybridized carbons (Fsp3) is 0.417. The second kappa shape index (κ2) is 12.0. The minimum Gasteiger partial charge on any atom is -0.497 e. The standard InChI is InChI=1S/C24H31FN2O3/c1-4-6-14-26-24(29)22(5-2)27(17-18-10-9-12-20(15-18)30-3)23(28)16-19-11-7-8-13-21(19)25/h7-13,15,22H,4-6,14,16-17H2,1-3H3,(H,26,29)/t22-/m0/s1. The second-order valence-corrected chi connectivity index (χ2v) is 7.21. The van der Waals surface area contributed by atoms with Gasteiger partial charge in [0.1, 0.15) is 17.6 Å². The minimum atomic E-state index is -0.632. The molecule has 5 nitrogen and oxygen atoms in total. The van der Waals surface area contributed by atoms with Crippen molar-refractivity contribution in [3.8, 4) is 5.75 Å². The largest absolute Gasteiger partial charge is 0.497 e. The Morgan fingerprint density at radius 2 is 1.90 bits per heavy atom. The normalized spacial score (nSPS) is 11.6. The Morgan fingerprint density at radius 1 is 1.13 bits per heavy atom. The van der Waals surface area contributed by atoms with Gasteiger partial charge in [-0.05, 0) is 42.2 Å². The summed E-state index contributed by atoms with van der Waals surface area (Å²) in [6.45, 7) is 4.74. The van der Waals surface area contributed by atoms with Gasteiger partial charge in [0.25, 0.3) is 0 Å². The number of ether oxygens (including phenoxy) is 1. The highest BCUT2D eigenvalue weighted by Gasteiger charge is 2.29. The van der Waals surface area contributed by atoms with Crippen LogP contribution in [0.25, 0.3) is 0 Å². The van der Waals surface area contributed by atoms with Crippen LogP contribution in [0.2, 0.25) is 0 Å². The van der Waals surface area contributed by atoms with Gasteiger partial charge in [-0.25, -0.2) is 4.39 Å². The zero-order valence-electron chi connectivity index (χ0n) is 18.0. The number of amides is 2. The summed E-state index contributed by atoms with van der Waals surface area (Å²) >= 11 is 0. The van der Waals surface area contributed by atoms with Crippen molar-refractivity contribution in [1.82, 2.24) is 10.2 Å². The van der Waals surface area contributed by atoms with Crippen LogP contribution in [0.5, 0.6) is 5.75 Å². The molecule has 1 atom stereocenters. The Balaban J connectivity index is 2.28. The first kappa shape index (κ1) is 23.4. The second-order valence-electron chi connectivity index (χ2n) is 7.21. The van der Waals surface area contributed by atoms with Gasteiger partial charge in [-0.15, -0.1) is 0 Å². The van der Waals surface area contributed by atoms with Crippen molar-refractivity contribution in [1.29, 1.82) is 0 Å². The molecule has 6 heteroatoms. The van der Waals surface area contributed by atoms with Gasteiger partial charge < -0.3 is 15.0 Å². The fourth-order valence-corrected chi connectivity index (χ4v) is 3.30. The zero-order chi connectivity index (χ0) is 21.9. The van der Waals surface area contributed by atoms with Gasteiger partial charge in [0.05, 0.1) is 13.5 Å². The molecule has 162 valence electrons. The third kappa shape index (κ3) is 6.58. The Morgan fingerprint density at radius 3 is 2.57 bits per heavy atom. The number of halogens is 1. The maximum absolute atomic E-state index is 14.1. The molecular weight excluding hydrogens is 383 g/mol. The first-order valence-electron chi connectivity index (χ1n) is 10.4. The number of nitrogens with one attached hydrogen (secondary N) is 1. The third-order valence-electron chi connectivity index (χ3n) is 5.00.